The summed E-state index contributed by atoms with van der Waals surface area (Å²) in [5.41, 5.74) is 3.73. The quantitative estimate of drug-likeness (QED) is 0.625. The number of carbonyl (C=O) groups is 4. The van der Waals surface area contributed by atoms with Gasteiger partial charge >= 0.3 is 0 Å². The maximum Gasteiger partial charge on any atom is 0.251 e. The third-order valence-electron chi connectivity index (χ3n) is 4.90. The van der Waals surface area contributed by atoms with Crippen molar-refractivity contribution in [2.24, 2.45) is 0 Å². The number of anilines is 2. The van der Waals surface area contributed by atoms with Crippen LogP contribution in [0.2, 0.25) is 0 Å². The van der Waals surface area contributed by atoms with E-state index in [1.807, 2.05) is 6.07 Å². The lowest BCUT2D eigenvalue weighted by Gasteiger charge is -2.16. The minimum Gasteiger partial charge on any atom is -0.322 e. The number of fused-ring (bicyclic) bond motifs is 1. The Morgan fingerprint density at radius 3 is 2.14 bits per heavy atom. The highest BCUT2D eigenvalue weighted by Gasteiger charge is 2.24. The predicted molar refractivity (Wildman–Crippen MR) is 111 cm³/mol. The standard InChI is InChI=1S/C23H22N2O4/c1-14(23(29)24-20-7-4-17(5-8-20)15(2)26)12-22(28)25-11-10-19-13-18(16(3)27)6-9-21(19)25/h4-9,12-13H,10-11H2,1-3H3,(H,24,29)/b14-12-. The molecule has 0 bridgehead atoms. The van der Waals surface area contributed by atoms with Gasteiger partial charge in [-0.15, -0.1) is 0 Å². The van der Waals surface area contributed by atoms with Crippen LogP contribution < -0.4 is 10.2 Å². The van der Waals surface area contributed by atoms with Crippen LogP contribution in [-0.4, -0.2) is 29.9 Å². The van der Waals surface area contributed by atoms with Crippen LogP contribution in [0.15, 0.2) is 54.1 Å². The van der Waals surface area contributed by atoms with Gasteiger partial charge in [-0.05, 0) is 75.2 Å². The van der Waals surface area contributed by atoms with Crippen LogP contribution in [0.3, 0.4) is 0 Å². The van der Waals surface area contributed by atoms with Gasteiger partial charge < -0.3 is 10.2 Å². The topological polar surface area (TPSA) is 83.6 Å². The number of carbonyl (C=O) groups excluding carboxylic acids is 4. The number of Topliss-reactive ketones (excluding diaryl/α,β-unsaturated/α-hetero) is 2. The molecular formula is C23H22N2O4. The molecule has 1 N–H and O–H groups in total. The van der Waals surface area contributed by atoms with Crippen molar-refractivity contribution in [2.75, 3.05) is 16.8 Å². The van der Waals surface area contributed by atoms with Gasteiger partial charge in [0.2, 0.25) is 0 Å². The van der Waals surface area contributed by atoms with Crippen molar-refractivity contribution in [2.45, 2.75) is 27.2 Å². The van der Waals surface area contributed by atoms with E-state index in [1.165, 1.54) is 19.9 Å². The molecule has 0 fully saturated rings. The first kappa shape index (κ1) is 20.2. The summed E-state index contributed by atoms with van der Waals surface area (Å²) in [5.74, 6) is -0.730. The summed E-state index contributed by atoms with van der Waals surface area (Å²) in [7, 11) is 0. The van der Waals surface area contributed by atoms with Crippen LogP contribution >= 0.6 is 0 Å². The van der Waals surface area contributed by atoms with E-state index in [2.05, 4.69) is 5.32 Å². The number of nitrogens with one attached hydrogen (secondary N) is 1. The second kappa shape index (κ2) is 8.22. The van der Waals surface area contributed by atoms with Gasteiger partial charge in [-0.3, -0.25) is 19.2 Å². The van der Waals surface area contributed by atoms with Crippen LogP contribution in [-0.2, 0) is 16.0 Å². The van der Waals surface area contributed by atoms with E-state index in [9.17, 15) is 19.2 Å². The molecule has 3 rings (SSSR count). The summed E-state index contributed by atoms with van der Waals surface area (Å²) in [4.78, 5) is 49.5. The Kier molecular flexibility index (Phi) is 5.73. The summed E-state index contributed by atoms with van der Waals surface area (Å²) < 4.78 is 0. The fourth-order valence-corrected chi connectivity index (χ4v) is 3.20. The summed E-state index contributed by atoms with van der Waals surface area (Å²) in [6.07, 6.45) is 1.98. The van der Waals surface area contributed by atoms with E-state index < -0.39 is 0 Å². The highest BCUT2D eigenvalue weighted by molar-refractivity contribution is 6.11. The molecule has 0 aromatic heterocycles. The van der Waals surface area contributed by atoms with Crippen molar-refractivity contribution in [1.82, 2.24) is 0 Å². The molecule has 2 aromatic carbocycles. The van der Waals surface area contributed by atoms with Gasteiger partial charge in [-0.25, -0.2) is 0 Å². The van der Waals surface area contributed by atoms with Crippen LogP contribution in [0.4, 0.5) is 11.4 Å². The summed E-state index contributed by atoms with van der Waals surface area (Å²) >= 11 is 0. The van der Waals surface area contributed by atoms with Crippen LogP contribution in [0, 0.1) is 0 Å². The third kappa shape index (κ3) is 4.48. The molecule has 2 amide bonds. The smallest absolute Gasteiger partial charge is 0.251 e. The molecule has 0 atom stereocenters. The zero-order chi connectivity index (χ0) is 21.1. The average Bonchev–Trinajstić information content (AvgIpc) is 3.11. The van der Waals surface area contributed by atoms with Crippen LogP contribution in [0.25, 0.3) is 0 Å². The van der Waals surface area contributed by atoms with Crippen molar-refractivity contribution in [3.8, 4) is 0 Å². The first-order valence-electron chi connectivity index (χ1n) is 9.32. The van der Waals surface area contributed by atoms with E-state index in [0.717, 1.165) is 11.3 Å². The molecule has 0 saturated heterocycles. The Hall–Kier alpha value is -3.54. The van der Waals surface area contributed by atoms with Gasteiger partial charge in [0, 0.05) is 40.7 Å². The van der Waals surface area contributed by atoms with Gasteiger partial charge in [0.05, 0.1) is 0 Å². The normalized spacial score (nSPS) is 13.1. The zero-order valence-corrected chi connectivity index (χ0v) is 16.6. The fraction of sp³-hybridized carbons (Fsp3) is 0.217. The second-order valence-electron chi connectivity index (χ2n) is 7.05. The van der Waals surface area contributed by atoms with Crippen LogP contribution in [0.5, 0.6) is 0 Å². The summed E-state index contributed by atoms with van der Waals surface area (Å²) in [6.45, 7) is 5.07. The minimum atomic E-state index is -0.389. The van der Waals surface area contributed by atoms with Crippen molar-refractivity contribution in [1.29, 1.82) is 0 Å². The maximum absolute atomic E-state index is 12.7. The lowest BCUT2D eigenvalue weighted by Crippen LogP contribution is -2.28. The molecule has 2 aromatic rings. The molecule has 0 spiro atoms. The van der Waals surface area contributed by atoms with Gasteiger partial charge in [0.15, 0.2) is 11.6 Å². The predicted octanol–water partition coefficient (Wildman–Crippen LogP) is 3.57. The number of ketones is 2. The van der Waals surface area contributed by atoms with E-state index in [4.69, 9.17) is 0 Å². The lowest BCUT2D eigenvalue weighted by atomic mass is 10.1. The fourth-order valence-electron chi connectivity index (χ4n) is 3.20. The van der Waals surface area contributed by atoms with Crippen molar-refractivity contribution >= 4 is 34.8 Å². The van der Waals surface area contributed by atoms with Crippen molar-refractivity contribution in [3.63, 3.8) is 0 Å². The molecular weight excluding hydrogens is 368 g/mol. The SMILES string of the molecule is CC(=O)c1ccc(NC(=O)/C(C)=C\C(=O)N2CCc3cc(C(C)=O)ccc32)cc1. The van der Waals surface area contributed by atoms with Crippen LogP contribution in [0.1, 0.15) is 47.1 Å². The molecule has 6 heteroatoms. The van der Waals surface area contributed by atoms with E-state index in [0.29, 0.717) is 29.8 Å². The molecule has 148 valence electrons. The Balaban J connectivity index is 1.70. The number of hydrogen-bond donors (Lipinski definition) is 1. The van der Waals surface area contributed by atoms with Gasteiger partial charge in [0.25, 0.3) is 11.8 Å². The van der Waals surface area contributed by atoms with E-state index >= 15 is 0 Å². The van der Waals surface area contributed by atoms with Gasteiger partial charge in [-0.1, -0.05) is 0 Å². The number of amides is 2. The number of hydrogen-bond acceptors (Lipinski definition) is 4. The number of benzene rings is 2. The highest BCUT2D eigenvalue weighted by Crippen LogP contribution is 2.29. The average molecular weight is 390 g/mol. The molecule has 1 aliphatic heterocycles. The minimum absolute atomic E-state index is 0.0127. The monoisotopic (exact) mass is 390 g/mol. The first-order valence-corrected chi connectivity index (χ1v) is 9.32. The molecule has 6 nitrogen and oxygen atoms in total. The maximum atomic E-state index is 12.7. The summed E-state index contributed by atoms with van der Waals surface area (Å²) in [5, 5.41) is 2.72. The Bertz CT molecular complexity index is 1040. The molecule has 0 radical (unpaired) electrons. The van der Waals surface area contributed by atoms with Gasteiger partial charge in [0.1, 0.15) is 0 Å². The van der Waals surface area contributed by atoms with Crippen molar-refractivity contribution in [3.05, 3.63) is 70.8 Å². The largest absolute Gasteiger partial charge is 0.322 e. The van der Waals surface area contributed by atoms with E-state index in [-0.39, 0.29) is 29.0 Å². The van der Waals surface area contributed by atoms with Gasteiger partial charge in [-0.2, -0.15) is 0 Å². The number of nitrogens with zero attached hydrogens (tertiary/aromatic N) is 1. The van der Waals surface area contributed by atoms with E-state index in [1.54, 1.807) is 48.2 Å². The Labute approximate surface area is 169 Å². The Morgan fingerprint density at radius 1 is 0.897 bits per heavy atom. The molecule has 0 saturated carbocycles. The zero-order valence-electron chi connectivity index (χ0n) is 16.6. The molecule has 0 aliphatic carbocycles. The molecule has 0 unspecified atom stereocenters. The third-order valence-corrected chi connectivity index (χ3v) is 4.90. The Morgan fingerprint density at radius 2 is 1.52 bits per heavy atom. The van der Waals surface area contributed by atoms with Crippen molar-refractivity contribution < 1.29 is 19.2 Å². The summed E-state index contributed by atoms with van der Waals surface area (Å²) in [6, 6.07) is 11.9. The number of rotatable bonds is 5. The first-order chi connectivity index (χ1) is 13.8. The second-order valence-corrected chi connectivity index (χ2v) is 7.05. The molecule has 1 heterocycles. The highest BCUT2D eigenvalue weighted by atomic mass is 16.2. The molecule has 1 aliphatic rings. The lowest BCUT2D eigenvalue weighted by molar-refractivity contribution is -0.115. The molecule has 29 heavy (non-hydrogen) atoms.